The lowest BCUT2D eigenvalue weighted by Crippen LogP contribution is -1.97. The van der Waals surface area contributed by atoms with Crippen molar-refractivity contribution in [1.82, 2.24) is 19.6 Å². The Labute approximate surface area is 152 Å². The van der Waals surface area contributed by atoms with Crippen LogP contribution in [-0.4, -0.2) is 19.6 Å². The molecule has 4 rings (SSSR count). The lowest BCUT2D eigenvalue weighted by Gasteiger charge is -2.07. The summed E-state index contributed by atoms with van der Waals surface area (Å²) in [7, 11) is 0. The van der Waals surface area contributed by atoms with Crippen molar-refractivity contribution in [3.8, 4) is 22.6 Å². The molecule has 4 aromatic rings. The molecule has 0 fully saturated rings. The molecule has 0 saturated heterocycles. The number of pyridine rings is 1. The van der Waals surface area contributed by atoms with Gasteiger partial charge >= 0.3 is 0 Å². The molecule has 0 spiro atoms. The Morgan fingerprint density at radius 3 is 2.65 bits per heavy atom. The first-order valence-electron chi connectivity index (χ1n) is 7.89. The summed E-state index contributed by atoms with van der Waals surface area (Å²) in [6, 6.07) is 5.53. The highest BCUT2D eigenvalue weighted by Gasteiger charge is 2.19. The Hall–Kier alpha value is -2.80. The fraction of sp³-hybridized carbons (Fsp3) is 0.167. The zero-order valence-corrected chi connectivity index (χ0v) is 14.6. The molecule has 0 N–H and O–H groups in total. The van der Waals surface area contributed by atoms with Crippen LogP contribution in [0.4, 0.5) is 8.78 Å². The summed E-state index contributed by atoms with van der Waals surface area (Å²) in [6.07, 6.45) is 3.06. The molecule has 3 heterocycles. The smallest absolute Gasteiger partial charge is 0.182 e. The van der Waals surface area contributed by atoms with Crippen molar-refractivity contribution in [3.63, 3.8) is 0 Å². The van der Waals surface area contributed by atoms with E-state index >= 15 is 0 Å². The maximum absolute atomic E-state index is 13.7. The monoisotopic (exact) mass is 374 g/mol. The minimum atomic E-state index is -1.02. The van der Waals surface area contributed by atoms with Gasteiger partial charge in [-0.1, -0.05) is 25.4 Å². The van der Waals surface area contributed by atoms with Gasteiger partial charge in [0.15, 0.2) is 29.4 Å². The third-order valence-electron chi connectivity index (χ3n) is 4.04. The zero-order valence-electron chi connectivity index (χ0n) is 13.9. The van der Waals surface area contributed by atoms with E-state index in [0.29, 0.717) is 22.7 Å². The molecule has 0 amide bonds. The third-order valence-corrected chi connectivity index (χ3v) is 4.35. The fourth-order valence-corrected chi connectivity index (χ4v) is 3.02. The molecule has 0 bridgehead atoms. The van der Waals surface area contributed by atoms with Crippen LogP contribution >= 0.6 is 11.6 Å². The molecule has 26 heavy (non-hydrogen) atoms. The number of aromatic nitrogens is 4. The van der Waals surface area contributed by atoms with Gasteiger partial charge in [0.2, 0.25) is 0 Å². The summed E-state index contributed by atoms with van der Waals surface area (Å²) in [5, 5.41) is 8.37. The number of oxazole rings is 1. The lowest BCUT2D eigenvalue weighted by molar-refractivity contribution is 0.509. The van der Waals surface area contributed by atoms with Gasteiger partial charge in [0.05, 0.1) is 5.02 Å². The molecule has 132 valence electrons. The molecule has 5 nitrogen and oxygen atoms in total. The Morgan fingerprint density at radius 1 is 1.12 bits per heavy atom. The van der Waals surface area contributed by atoms with Crippen LogP contribution in [0.1, 0.15) is 25.6 Å². The normalized spacial score (nSPS) is 11.6. The SMILES string of the molecule is CC(C)c1nnc2ccc(-c3ocnc3-c3cc(F)c(F)cc3Cl)cn12. The first-order valence-corrected chi connectivity index (χ1v) is 8.27. The van der Waals surface area contributed by atoms with E-state index < -0.39 is 11.6 Å². The van der Waals surface area contributed by atoms with Crippen LogP contribution in [0.25, 0.3) is 28.2 Å². The minimum absolute atomic E-state index is 0.0484. The molecular weight excluding hydrogens is 362 g/mol. The maximum atomic E-state index is 13.7. The molecule has 0 unspecified atom stereocenters. The minimum Gasteiger partial charge on any atom is -0.443 e. The van der Waals surface area contributed by atoms with Crippen LogP contribution in [0, 0.1) is 11.6 Å². The third kappa shape index (κ3) is 2.64. The van der Waals surface area contributed by atoms with E-state index in [9.17, 15) is 8.78 Å². The standard InChI is InChI=1S/C18H13ClF2N4O/c1-9(2)18-24-23-15-4-3-10(7-25(15)18)17-16(22-8-26-17)11-5-13(20)14(21)6-12(11)19/h3-9H,1-2H3. The van der Waals surface area contributed by atoms with E-state index in [1.54, 1.807) is 12.1 Å². The highest BCUT2D eigenvalue weighted by molar-refractivity contribution is 6.33. The highest BCUT2D eigenvalue weighted by atomic mass is 35.5. The second kappa shape index (κ2) is 6.17. The number of fused-ring (bicyclic) bond motifs is 1. The summed E-state index contributed by atoms with van der Waals surface area (Å²) in [4.78, 5) is 4.14. The molecule has 0 aliphatic carbocycles. The van der Waals surface area contributed by atoms with Crippen molar-refractivity contribution in [2.45, 2.75) is 19.8 Å². The van der Waals surface area contributed by atoms with Gasteiger partial charge in [-0.3, -0.25) is 4.40 Å². The van der Waals surface area contributed by atoms with E-state index in [1.165, 1.54) is 6.39 Å². The van der Waals surface area contributed by atoms with Crippen LogP contribution in [0.3, 0.4) is 0 Å². The van der Waals surface area contributed by atoms with Crippen molar-refractivity contribution < 1.29 is 13.2 Å². The van der Waals surface area contributed by atoms with E-state index in [0.717, 1.165) is 18.0 Å². The molecular formula is C18H13ClF2N4O. The van der Waals surface area contributed by atoms with Gasteiger partial charge < -0.3 is 4.42 Å². The summed E-state index contributed by atoms with van der Waals surface area (Å²) >= 11 is 6.08. The number of hydrogen-bond acceptors (Lipinski definition) is 4. The average molecular weight is 375 g/mol. The fourth-order valence-electron chi connectivity index (χ4n) is 2.78. The number of benzene rings is 1. The van der Waals surface area contributed by atoms with Gasteiger partial charge in [-0.25, -0.2) is 13.8 Å². The molecule has 0 atom stereocenters. The second-order valence-corrected chi connectivity index (χ2v) is 6.54. The second-order valence-electron chi connectivity index (χ2n) is 6.14. The Morgan fingerprint density at radius 2 is 1.88 bits per heavy atom. The van der Waals surface area contributed by atoms with Gasteiger partial charge in [0, 0.05) is 23.2 Å². The Kier molecular flexibility index (Phi) is 3.96. The Balaban J connectivity index is 1.89. The predicted molar refractivity (Wildman–Crippen MR) is 92.9 cm³/mol. The van der Waals surface area contributed by atoms with Crippen molar-refractivity contribution in [2.75, 3.05) is 0 Å². The molecule has 0 radical (unpaired) electrons. The maximum Gasteiger partial charge on any atom is 0.182 e. The lowest BCUT2D eigenvalue weighted by atomic mass is 10.1. The summed E-state index contributed by atoms with van der Waals surface area (Å²) in [5.74, 6) is -0.655. The van der Waals surface area contributed by atoms with Crippen LogP contribution in [0.15, 0.2) is 41.3 Å². The Bertz CT molecular complexity index is 1120. The van der Waals surface area contributed by atoms with Crippen LogP contribution in [0.2, 0.25) is 5.02 Å². The van der Waals surface area contributed by atoms with Crippen molar-refractivity contribution >= 4 is 17.2 Å². The van der Waals surface area contributed by atoms with Crippen LogP contribution < -0.4 is 0 Å². The molecule has 8 heteroatoms. The van der Waals surface area contributed by atoms with Gasteiger partial charge in [0.1, 0.15) is 11.5 Å². The largest absolute Gasteiger partial charge is 0.443 e. The topological polar surface area (TPSA) is 56.2 Å². The van der Waals surface area contributed by atoms with E-state index in [2.05, 4.69) is 15.2 Å². The number of halogens is 3. The van der Waals surface area contributed by atoms with E-state index in [-0.39, 0.29) is 16.5 Å². The molecule has 0 saturated carbocycles. The quantitative estimate of drug-likeness (QED) is 0.468. The van der Waals surface area contributed by atoms with Crippen molar-refractivity contribution in [2.24, 2.45) is 0 Å². The van der Waals surface area contributed by atoms with Gasteiger partial charge in [-0.05, 0) is 24.3 Å². The van der Waals surface area contributed by atoms with Crippen molar-refractivity contribution in [1.29, 1.82) is 0 Å². The number of rotatable bonds is 3. The molecule has 0 aliphatic heterocycles. The average Bonchev–Trinajstić information content (AvgIpc) is 3.24. The van der Waals surface area contributed by atoms with E-state index in [1.807, 2.05) is 24.4 Å². The highest BCUT2D eigenvalue weighted by Crippen LogP contribution is 2.36. The summed E-state index contributed by atoms with van der Waals surface area (Å²) in [6.45, 7) is 4.04. The molecule has 3 aromatic heterocycles. The molecule has 1 aromatic carbocycles. The summed E-state index contributed by atoms with van der Waals surface area (Å²) < 4.78 is 34.4. The number of hydrogen-bond donors (Lipinski definition) is 0. The number of nitrogens with zero attached hydrogens (tertiary/aromatic N) is 4. The molecule has 0 aliphatic rings. The van der Waals surface area contributed by atoms with Crippen LogP contribution in [0.5, 0.6) is 0 Å². The zero-order chi connectivity index (χ0) is 18.4. The summed E-state index contributed by atoms with van der Waals surface area (Å²) in [5.41, 5.74) is 1.96. The van der Waals surface area contributed by atoms with Gasteiger partial charge in [0.25, 0.3) is 0 Å². The van der Waals surface area contributed by atoms with Crippen molar-refractivity contribution in [3.05, 3.63) is 59.3 Å². The first-order chi connectivity index (χ1) is 12.5. The van der Waals surface area contributed by atoms with Crippen LogP contribution in [-0.2, 0) is 0 Å². The van der Waals surface area contributed by atoms with E-state index in [4.69, 9.17) is 16.0 Å². The van der Waals surface area contributed by atoms with Gasteiger partial charge in [-0.2, -0.15) is 0 Å². The first kappa shape index (κ1) is 16.7. The predicted octanol–water partition coefficient (Wildman–Crippen LogP) is 5.11. The van der Waals surface area contributed by atoms with Gasteiger partial charge in [-0.15, -0.1) is 10.2 Å².